The molecule has 0 aliphatic carbocycles. The summed E-state index contributed by atoms with van der Waals surface area (Å²) >= 11 is 6.15. The van der Waals surface area contributed by atoms with Gasteiger partial charge in [-0.1, -0.05) is 17.7 Å². The van der Waals surface area contributed by atoms with Gasteiger partial charge in [0.1, 0.15) is 12.4 Å². The van der Waals surface area contributed by atoms with Crippen molar-refractivity contribution in [3.63, 3.8) is 0 Å². The lowest BCUT2D eigenvalue weighted by molar-refractivity contribution is -0.140. The van der Waals surface area contributed by atoms with Gasteiger partial charge in [-0.3, -0.25) is 9.78 Å². The highest BCUT2D eigenvalue weighted by atomic mass is 35.5. The van der Waals surface area contributed by atoms with E-state index in [1.54, 1.807) is 6.20 Å². The molecule has 5 nitrogen and oxygen atoms in total. The van der Waals surface area contributed by atoms with Gasteiger partial charge < -0.3 is 15.0 Å². The van der Waals surface area contributed by atoms with Crippen LogP contribution in [0, 0.1) is 5.92 Å². The van der Waals surface area contributed by atoms with Crippen molar-refractivity contribution in [3.05, 3.63) is 58.9 Å². The minimum absolute atomic E-state index is 0. The zero-order valence-corrected chi connectivity index (χ0v) is 17.9. The lowest BCUT2D eigenvalue weighted by Gasteiger charge is -2.35. The second kappa shape index (κ2) is 10.3. The highest BCUT2D eigenvalue weighted by Crippen LogP contribution is 2.31. The first-order valence-corrected chi connectivity index (χ1v) is 10.4. The third-order valence-corrected chi connectivity index (χ3v) is 5.84. The number of hydrogen-bond acceptors (Lipinski definition) is 4. The lowest BCUT2D eigenvalue weighted by atomic mass is 9.94. The number of carbonyl (C=O) groups is 1. The van der Waals surface area contributed by atoms with E-state index in [9.17, 15) is 4.79 Å². The predicted octanol–water partition coefficient (Wildman–Crippen LogP) is 3.88. The molecule has 0 spiro atoms. The molecule has 1 amide bonds. The Morgan fingerprint density at radius 2 is 2.14 bits per heavy atom. The molecule has 156 valence electrons. The standard InChI is InChI=1S/C22H26ClN3O2.ClH/c23-18-6-7-21-16(13-18)12-17(15-28-21)22(27)26(14-19-4-1-2-10-25-19)20-5-3-9-24-11-8-20;/h1-2,4,6-7,10,13,17,20,24H,3,5,8-9,11-12,14-15H2;1H. The summed E-state index contributed by atoms with van der Waals surface area (Å²) in [5.74, 6) is 0.803. The summed E-state index contributed by atoms with van der Waals surface area (Å²) in [5, 5.41) is 4.12. The molecule has 2 atom stereocenters. The number of nitrogens with zero attached hydrogens (tertiary/aromatic N) is 2. The van der Waals surface area contributed by atoms with E-state index in [2.05, 4.69) is 10.3 Å². The summed E-state index contributed by atoms with van der Waals surface area (Å²) in [6.07, 6.45) is 5.51. The molecule has 1 saturated heterocycles. The molecule has 7 heteroatoms. The number of nitrogens with one attached hydrogen (secondary N) is 1. The molecule has 3 heterocycles. The Hall–Kier alpha value is -1.82. The van der Waals surface area contributed by atoms with Crippen LogP contribution < -0.4 is 10.1 Å². The fourth-order valence-electron chi connectivity index (χ4n) is 4.12. The third kappa shape index (κ3) is 5.41. The van der Waals surface area contributed by atoms with Gasteiger partial charge in [0.05, 0.1) is 18.2 Å². The van der Waals surface area contributed by atoms with Crippen molar-refractivity contribution in [1.82, 2.24) is 15.2 Å². The van der Waals surface area contributed by atoms with Gasteiger partial charge in [-0.15, -0.1) is 12.4 Å². The third-order valence-electron chi connectivity index (χ3n) is 5.61. The molecule has 4 rings (SSSR count). The Morgan fingerprint density at radius 1 is 1.24 bits per heavy atom. The average Bonchev–Trinajstić information content (AvgIpc) is 3.01. The van der Waals surface area contributed by atoms with Crippen LogP contribution in [0.4, 0.5) is 0 Å². The van der Waals surface area contributed by atoms with E-state index in [0.717, 1.165) is 49.4 Å². The van der Waals surface area contributed by atoms with Crippen molar-refractivity contribution in [2.75, 3.05) is 19.7 Å². The quantitative estimate of drug-likeness (QED) is 0.791. The lowest BCUT2D eigenvalue weighted by Crippen LogP contribution is -2.46. The average molecular weight is 436 g/mol. The first-order chi connectivity index (χ1) is 13.7. The zero-order chi connectivity index (χ0) is 19.3. The number of amides is 1. The van der Waals surface area contributed by atoms with Gasteiger partial charge in [0.2, 0.25) is 5.91 Å². The van der Waals surface area contributed by atoms with E-state index < -0.39 is 0 Å². The van der Waals surface area contributed by atoms with E-state index in [1.807, 2.05) is 41.3 Å². The monoisotopic (exact) mass is 435 g/mol. The highest BCUT2D eigenvalue weighted by molar-refractivity contribution is 6.30. The first kappa shape index (κ1) is 21.9. The van der Waals surface area contributed by atoms with Crippen LogP contribution in [-0.4, -0.2) is 41.5 Å². The number of benzene rings is 1. The molecule has 1 fully saturated rings. The molecule has 1 aromatic carbocycles. The summed E-state index contributed by atoms with van der Waals surface area (Å²) in [6.45, 7) is 2.91. The van der Waals surface area contributed by atoms with E-state index in [0.29, 0.717) is 24.6 Å². The highest BCUT2D eigenvalue weighted by Gasteiger charge is 2.33. The van der Waals surface area contributed by atoms with Crippen molar-refractivity contribution in [1.29, 1.82) is 0 Å². The van der Waals surface area contributed by atoms with Gasteiger partial charge >= 0.3 is 0 Å². The van der Waals surface area contributed by atoms with Crippen molar-refractivity contribution in [2.24, 2.45) is 5.92 Å². The maximum Gasteiger partial charge on any atom is 0.230 e. The van der Waals surface area contributed by atoms with Crippen molar-refractivity contribution >= 4 is 29.9 Å². The zero-order valence-electron chi connectivity index (χ0n) is 16.4. The molecule has 1 N–H and O–H groups in total. The SMILES string of the molecule is Cl.O=C(C1COc2ccc(Cl)cc2C1)N(Cc1ccccn1)C1CCCNCC1. The summed E-state index contributed by atoms with van der Waals surface area (Å²) in [6, 6.07) is 11.7. The van der Waals surface area contributed by atoms with Crippen molar-refractivity contribution in [2.45, 2.75) is 38.3 Å². The number of halogens is 2. The van der Waals surface area contributed by atoms with E-state index in [1.165, 1.54) is 0 Å². The van der Waals surface area contributed by atoms with Crippen LogP contribution in [0.25, 0.3) is 0 Å². The Balaban J connectivity index is 0.00000240. The molecular weight excluding hydrogens is 409 g/mol. The van der Waals surface area contributed by atoms with E-state index >= 15 is 0 Å². The fourth-order valence-corrected chi connectivity index (χ4v) is 4.32. The number of hydrogen-bond donors (Lipinski definition) is 1. The van der Waals surface area contributed by atoms with Crippen LogP contribution in [0.15, 0.2) is 42.6 Å². The van der Waals surface area contributed by atoms with Gasteiger partial charge in [0.15, 0.2) is 0 Å². The predicted molar refractivity (Wildman–Crippen MR) is 117 cm³/mol. The number of aromatic nitrogens is 1. The molecule has 2 aromatic rings. The summed E-state index contributed by atoms with van der Waals surface area (Å²) in [5.41, 5.74) is 1.94. The smallest absolute Gasteiger partial charge is 0.230 e. The maximum absolute atomic E-state index is 13.6. The Labute approximate surface area is 183 Å². The van der Waals surface area contributed by atoms with Gasteiger partial charge in [0.25, 0.3) is 0 Å². The van der Waals surface area contributed by atoms with Gasteiger partial charge in [-0.25, -0.2) is 0 Å². The second-order valence-corrected chi connectivity index (χ2v) is 8.02. The molecule has 29 heavy (non-hydrogen) atoms. The summed E-state index contributed by atoms with van der Waals surface area (Å²) in [4.78, 5) is 20.1. The summed E-state index contributed by atoms with van der Waals surface area (Å²) in [7, 11) is 0. The van der Waals surface area contributed by atoms with Gasteiger partial charge in [0, 0.05) is 17.3 Å². The van der Waals surface area contributed by atoms with E-state index in [-0.39, 0.29) is 30.3 Å². The molecule has 2 unspecified atom stereocenters. The minimum atomic E-state index is -0.189. The van der Waals surface area contributed by atoms with Crippen LogP contribution >= 0.6 is 24.0 Å². The fraction of sp³-hybridized carbons (Fsp3) is 0.455. The Kier molecular flexibility index (Phi) is 7.76. The molecule has 0 saturated carbocycles. The van der Waals surface area contributed by atoms with Crippen LogP contribution in [0.5, 0.6) is 5.75 Å². The Bertz CT molecular complexity index is 811. The minimum Gasteiger partial charge on any atom is -0.492 e. The number of rotatable bonds is 4. The van der Waals surface area contributed by atoms with Crippen LogP contribution in [0.2, 0.25) is 5.02 Å². The molecule has 0 bridgehead atoms. The number of pyridine rings is 1. The maximum atomic E-state index is 13.6. The molecule has 1 aromatic heterocycles. The Morgan fingerprint density at radius 3 is 2.97 bits per heavy atom. The second-order valence-electron chi connectivity index (χ2n) is 7.59. The van der Waals surface area contributed by atoms with Gasteiger partial charge in [-0.2, -0.15) is 0 Å². The normalized spacial score (nSPS) is 21.1. The molecule has 0 radical (unpaired) electrons. The first-order valence-electron chi connectivity index (χ1n) is 10.0. The molecular formula is C22H27Cl2N3O2. The van der Waals surface area contributed by atoms with Crippen molar-refractivity contribution < 1.29 is 9.53 Å². The van der Waals surface area contributed by atoms with Crippen LogP contribution in [-0.2, 0) is 17.8 Å². The number of fused-ring (bicyclic) bond motifs is 1. The topological polar surface area (TPSA) is 54.5 Å². The summed E-state index contributed by atoms with van der Waals surface area (Å²) < 4.78 is 5.89. The largest absolute Gasteiger partial charge is 0.492 e. The van der Waals surface area contributed by atoms with E-state index in [4.69, 9.17) is 16.3 Å². The molecule has 2 aliphatic rings. The van der Waals surface area contributed by atoms with Gasteiger partial charge in [-0.05, 0) is 74.7 Å². The molecule has 2 aliphatic heterocycles. The van der Waals surface area contributed by atoms with Crippen LogP contribution in [0.3, 0.4) is 0 Å². The number of ether oxygens (including phenoxy) is 1. The number of carbonyl (C=O) groups excluding carboxylic acids is 1. The van der Waals surface area contributed by atoms with Crippen molar-refractivity contribution in [3.8, 4) is 5.75 Å². The van der Waals surface area contributed by atoms with Crippen LogP contribution in [0.1, 0.15) is 30.5 Å².